The van der Waals surface area contributed by atoms with E-state index in [1.807, 2.05) is 0 Å². The van der Waals surface area contributed by atoms with Crippen molar-refractivity contribution < 1.29 is 8.42 Å². The van der Waals surface area contributed by atoms with Gasteiger partial charge in [-0.05, 0) is 44.5 Å². The summed E-state index contributed by atoms with van der Waals surface area (Å²) in [4.78, 5) is 0.132. The summed E-state index contributed by atoms with van der Waals surface area (Å²) in [5, 5.41) is 8.32. The fourth-order valence-electron chi connectivity index (χ4n) is 1.21. The largest absolute Gasteiger partial charge is 0.380 e. The minimum atomic E-state index is -3.60. The van der Waals surface area contributed by atoms with E-state index in [-0.39, 0.29) is 10.4 Å². The quantitative estimate of drug-likeness (QED) is 0.847. The van der Waals surface area contributed by atoms with E-state index in [1.165, 1.54) is 12.1 Å². The molecule has 0 aliphatic heterocycles. The summed E-state index contributed by atoms with van der Waals surface area (Å²) in [7, 11) is -3.60. The molecule has 0 radical (unpaired) electrons. The van der Waals surface area contributed by atoms with Crippen molar-refractivity contribution in [1.82, 2.24) is 0 Å². The fourth-order valence-corrected chi connectivity index (χ4v) is 1.72. The van der Waals surface area contributed by atoms with Crippen molar-refractivity contribution in [3.63, 3.8) is 0 Å². The summed E-state index contributed by atoms with van der Waals surface area (Å²) >= 11 is 0. The highest BCUT2D eigenvalue weighted by Gasteiger charge is 2.14. The van der Waals surface area contributed by atoms with Gasteiger partial charge in [0.25, 0.3) is 0 Å². The van der Waals surface area contributed by atoms with E-state index in [0.717, 1.165) is 12.1 Å². The molecule has 0 amide bonds. The van der Waals surface area contributed by atoms with E-state index in [9.17, 15) is 8.42 Å². The predicted octanol–water partition coefficient (Wildman–Crippen LogP) is 1.93. The number of anilines is 1. The van der Waals surface area contributed by atoms with E-state index in [1.54, 1.807) is 12.1 Å². The van der Waals surface area contributed by atoms with Gasteiger partial charge in [-0.15, -0.1) is 0 Å². The molecule has 0 fully saturated rings. The van der Waals surface area contributed by atoms with E-state index >= 15 is 0 Å². The van der Waals surface area contributed by atoms with Crippen LogP contribution in [0, 0.1) is 0 Å². The molecule has 0 unspecified atom stereocenters. The summed E-state index contributed by atoms with van der Waals surface area (Å²) in [6, 6.07) is 6.45. The SMILES string of the molecule is CCC(C)(C)Nc1ccc(S(N)(=O)=O)cc1. The van der Waals surface area contributed by atoms with Crippen LogP contribution in [-0.4, -0.2) is 14.0 Å². The molecule has 0 spiro atoms. The lowest BCUT2D eigenvalue weighted by Gasteiger charge is -2.25. The standard InChI is InChI=1S/C11H18N2O2S/c1-4-11(2,3)13-9-5-7-10(8-6-9)16(12,14)15/h5-8,13H,4H2,1-3H3,(H2,12,14,15). The van der Waals surface area contributed by atoms with Gasteiger partial charge in [0, 0.05) is 11.2 Å². The number of primary sulfonamides is 1. The molecule has 90 valence electrons. The minimum absolute atomic E-state index is 0.0108. The van der Waals surface area contributed by atoms with Gasteiger partial charge in [-0.1, -0.05) is 6.92 Å². The zero-order valence-corrected chi connectivity index (χ0v) is 10.6. The topological polar surface area (TPSA) is 72.2 Å². The molecule has 1 aromatic carbocycles. The highest BCUT2D eigenvalue weighted by atomic mass is 32.2. The molecule has 0 saturated heterocycles. The molecule has 5 heteroatoms. The Morgan fingerprint density at radius 1 is 1.25 bits per heavy atom. The van der Waals surface area contributed by atoms with Crippen molar-refractivity contribution >= 4 is 15.7 Å². The van der Waals surface area contributed by atoms with Gasteiger partial charge >= 0.3 is 0 Å². The third-order valence-corrected chi connectivity index (χ3v) is 3.48. The highest BCUT2D eigenvalue weighted by molar-refractivity contribution is 7.89. The second-order valence-electron chi connectivity index (χ2n) is 4.43. The molecule has 0 aliphatic carbocycles. The molecule has 0 aromatic heterocycles. The van der Waals surface area contributed by atoms with Gasteiger partial charge in [0.1, 0.15) is 0 Å². The van der Waals surface area contributed by atoms with Crippen molar-refractivity contribution in [2.75, 3.05) is 5.32 Å². The summed E-state index contributed by atoms with van der Waals surface area (Å²) in [5.41, 5.74) is 0.877. The van der Waals surface area contributed by atoms with Gasteiger partial charge in [-0.25, -0.2) is 13.6 Å². The second kappa shape index (κ2) is 4.43. The molecule has 0 heterocycles. The number of hydrogen-bond donors (Lipinski definition) is 2. The molecule has 0 saturated carbocycles. The number of rotatable bonds is 4. The molecule has 0 bridgehead atoms. The third-order valence-electron chi connectivity index (χ3n) is 2.55. The number of benzene rings is 1. The Hall–Kier alpha value is -1.07. The number of nitrogens with two attached hydrogens (primary N) is 1. The summed E-state index contributed by atoms with van der Waals surface area (Å²) in [6.07, 6.45) is 0.976. The third kappa shape index (κ3) is 3.50. The predicted molar refractivity (Wildman–Crippen MR) is 65.8 cm³/mol. The second-order valence-corrected chi connectivity index (χ2v) is 5.99. The molecule has 4 nitrogen and oxygen atoms in total. The van der Waals surface area contributed by atoms with Crippen LogP contribution in [0.4, 0.5) is 5.69 Å². The maximum atomic E-state index is 11.0. The Morgan fingerprint density at radius 3 is 2.12 bits per heavy atom. The monoisotopic (exact) mass is 242 g/mol. The smallest absolute Gasteiger partial charge is 0.238 e. The van der Waals surface area contributed by atoms with E-state index in [2.05, 4.69) is 26.1 Å². The number of sulfonamides is 1. The lowest BCUT2D eigenvalue weighted by Crippen LogP contribution is -2.29. The summed E-state index contributed by atoms with van der Waals surface area (Å²) in [6.45, 7) is 6.26. The van der Waals surface area contributed by atoms with Gasteiger partial charge in [0.05, 0.1) is 4.90 Å². The van der Waals surface area contributed by atoms with Crippen molar-refractivity contribution in [3.05, 3.63) is 24.3 Å². The van der Waals surface area contributed by atoms with Crippen molar-refractivity contribution in [1.29, 1.82) is 0 Å². The Kier molecular flexibility index (Phi) is 3.60. The van der Waals surface area contributed by atoms with Crippen molar-refractivity contribution in [2.24, 2.45) is 5.14 Å². The Balaban J connectivity index is 2.89. The van der Waals surface area contributed by atoms with Crippen LogP contribution in [0.3, 0.4) is 0 Å². The maximum Gasteiger partial charge on any atom is 0.238 e. The van der Waals surface area contributed by atoms with Crippen molar-refractivity contribution in [2.45, 2.75) is 37.6 Å². The average Bonchev–Trinajstić information content (AvgIpc) is 2.16. The Labute approximate surface area is 96.9 Å². The van der Waals surface area contributed by atoms with Gasteiger partial charge in [0.15, 0.2) is 0 Å². The van der Waals surface area contributed by atoms with Crippen LogP contribution in [0.2, 0.25) is 0 Å². The van der Waals surface area contributed by atoms with Gasteiger partial charge in [-0.2, -0.15) is 0 Å². The van der Waals surface area contributed by atoms with Gasteiger partial charge in [-0.3, -0.25) is 0 Å². The van der Waals surface area contributed by atoms with Crippen molar-refractivity contribution in [3.8, 4) is 0 Å². The molecule has 3 N–H and O–H groups in total. The fraction of sp³-hybridized carbons (Fsp3) is 0.455. The molecule has 1 aromatic rings. The molecular formula is C11H18N2O2S. The molecule has 16 heavy (non-hydrogen) atoms. The first-order valence-corrected chi connectivity index (χ1v) is 6.70. The van der Waals surface area contributed by atoms with Gasteiger partial charge in [0.2, 0.25) is 10.0 Å². The molecular weight excluding hydrogens is 224 g/mol. The van der Waals surface area contributed by atoms with Crippen LogP contribution in [-0.2, 0) is 10.0 Å². The first-order chi connectivity index (χ1) is 7.24. The summed E-state index contributed by atoms with van der Waals surface area (Å²) in [5.74, 6) is 0. The van der Waals surface area contributed by atoms with Crippen LogP contribution < -0.4 is 10.5 Å². The van der Waals surface area contributed by atoms with Crippen LogP contribution in [0.1, 0.15) is 27.2 Å². The normalized spacial score (nSPS) is 12.5. The summed E-state index contributed by atoms with van der Waals surface area (Å²) < 4.78 is 22.1. The minimum Gasteiger partial charge on any atom is -0.380 e. The lowest BCUT2D eigenvalue weighted by atomic mass is 10.0. The molecule has 1 rings (SSSR count). The highest BCUT2D eigenvalue weighted by Crippen LogP contribution is 2.19. The first kappa shape index (κ1) is 13.0. The molecule has 0 aliphatic rings. The van der Waals surface area contributed by atoms with Crippen LogP contribution >= 0.6 is 0 Å². The zero-order valence-electron chi connectivity index (χ0n) is 9.82. The van der Waals surface area contributed by atoms with Crippen LogP contribution in [0.25, 0.3) is 0 Å². The van der Waals surface area contributed by atoms with E-state index in [0.29, 0.717) is 0 Å². The maximum absolute atomic E-state index is 11.0. The number of hydrogen-bond acceptors (Lipinski definition) is 3. The Morgan fingerprint density at radius 2 is 1.75 bits per heavy atom. The van der Waals surface area contributed by atoms with Crippen LogP contribution in [0.15, 0.2) is 29.2 Å². The zero-order chi connectivity index (χ0) is 12.4. The first-order valence-electron chi connectivity index (χ1n) is 5.16. The average molecular weight is 242 g/mol. The Bertz CT molecular complexity index is 449. The van der Waals surface area contributed by atoms with E-state index in [4.69, 9.17) is 5.14 Å². The van der Waals surface area contributed by atoms with E-state index < -0.39 is 10.0 Å². The lowest BCUT2D eigenvalue weighted by molar-refractivity contribution is 0.547. The number of nitrogens with one attached hydrogen (secondary N) is 1. The molecule has 0 atom stereocenters. The van der Waals surface area contributed by atoms with Crippen LogP contribution in [0.5, 0.6) is 0 Å². The van der Waals surface area contributed by atoms with Gasteiger partial charge < -0.3 is 5.32 Å².